The van der Waals surface area contributed by atoms with Gasteiger partial charge in [0.15, 0.2) is 0 Å². The summed E-state index contributed by atoms with van der Waals surface area (Å²) in [5.41, 5.74) is 0. The van der Waals surface area contributed by atoms with E-state index in [-0.39, 0.29) is 11.4 Å². The zero-order valence-electron chi connectivity index (χ0n) is 12.4. The molecule has 2 rings (SSSR count). The number of aliphatic hydroxyl groups excluding tert-OH is 1. The molecular formula is C15H23NO4S. The maximum absolute atomic E-state index is 12.5. The van der Waals surface area contributed by atoms with Crippen LogP contribution in [0.4, 0.5) is 0 Å². The third-order valence-corrected chi connectivity index (χ3v) is 5.47. The molecule has 1 fully saturated rings. The van der Waals surface area contributed by atoms with Gasteiger partial charge in [0.1, 0.15) is 5.75 Å². The summed E-state index contributed by atoms with van der Waals surface area (Å²) in [4.78, 5) is 0.249. The molecule has 5 nitrogen and oxygen atoms in total. The second kappa shape index (κ2) is 7.24. The van der Waals surface area contributed by atoms with Crippen LogP contribution in [0.5, 0.6) is 5.75 Å². The topological polar surface area (TPSA) is 66.8 Å². The minimum Gasteiger partial charge on any atom is -0.494 e. The Labute approximate surface area is 126 Å². The van der Waals surface area contributed by atoms with Gasteiger partial charge in [0.25, 0.3) is 0 Å². The van der Waals surface area contributed by atoms with Crippen LogP contribution in [0.1, 0.15) is 32.6 Å². The number of nitrogens with zero attached hydrogens (tertiary/aromatic N) is 1. The van der Waals surface area contributed by atoms with Crippen molar-refractivity contribution in [3.05, 3.63) is 24.3 Å². The molecule has 1 N–H and O–H groups in total. The zero-order chi connectivity index (χ0) is 15.3. The van der Waals surface area contributed by atoms with Gasteiger partial charge in [0.2, 0.25) is 10.0 Å². The summed E-state index contributed by atoms with van der Waals surface area (Å²) in [6.45, 7) is 3.37. The second-order valence-corrected chi connectivity index (χ2v) is 7.27. The Morgan fingerprint density at radius 3 is 2.67 bits per heavy atom. The molecule has 6 heteroatoms. The highest BCUT2D eigenvalue weighted by Gasteiger charge is 2.29. The zero-order valence-corrected chi connectivity index (χ0v) is 13.2. The second-order valence-electron chi connectivity index (χ2n) is 5.33. The summed E-state index contributed by atoms with van der Waals surface area (Å²) in [6.07, 6.45) is 2.83. The number of ether oxygens (including phenoxy) is 1. The van der Waals surface area contributed by atoms with Crippen molar-refractivity contribution in [3.8, 4) is 5.75 Å². The lowest BCUT2D eigenvalue weighted by Crippen LogP contribution is -2.42. The van der Waals surface area contributed by atoms with Crippen molar-refractivity contribution in [1.29, 1.82) is 0 Å². The molecule has 1 heterocycles. The SMILES string of the molecule is CCCCOc1ccc(S(=O)(=O)N2CCCC(O)C2)cc1. The third-order valence-electron chi connectivity index (χ3n) is 3.59. The van der Waals surface area contributed by atoms with Gasteiger partial charge in [-0.15, -0.1) is 0 Å². The summed E-state index contributed by atoms with van der Waals surface area (Å²) in [5, 5.41) is 9.63. The van der Waals surface area contributed by atoms with Crippen LogP contribution >= 0.6 is 0 Å². The van der Waals surface area contributed by atoms with Crippen LogP contribution in [0.25, 0.3) is 0 Å². The monoisotopic (exact) mass is 313 g/mol. The Morgan fingerprint density at radius 1 is 1.33 bits per heavy atom. The van der Waals surface area contributed by atoms with Gasteiger partial charge in [-0.25, -0.2) is 8.42 Å². The average molecular weight is 313 g/mol. The van der Waals surface area contributed by atoms with E-state index in [2.05, 4.69) is 6.92 Å². The van der Waals surface area contributed by atoms with Gasteiger partial charge in [0.05, 0.1) is 17.6 Å². The molecule has 0 bridgehead atoms. The molecule has 1 aliphatic rings. The number of aliphatic hydroxyl groups is 1. The van der Waals surface area contributed by atoms with Crippen molar-refractivity contribution in [2.75, 3.05) is 19.7 Å². The lowest BCUT2D eigenvalue weighted by atomic mass is 10.1. The van der Waals surface area contributed by atoms with E-state index >= 15 is 0 Å². The largest absolute Gasteiger partial charge is 0.494 e. The van der Waals surface area contributed by atoms with Crippen LogP contribution in [-0.4, -0.2) is 43.6 Å². The van der Waals surface area contributed by atoms with E-state index in [1.54, 1.807) is 24.3 Å². The molecule has 1 unspecified atom stereocenters. The molecule has 118 valence electrons. The van der Waals surface area contributed by atoms with Crippen molar-refractivity contribution in [2.45, 2.75) is 43.6 Å². The molecule has 0 aliphatic carbocycles. The first-order valence-electron chi connectivity index (χ1n) is 7.45. The Kier molecular flexibility index (Phi) is 5.61. The number of piperidine rings is 1. The van der Waals surface area contributed by atoms with Crippen molar-refractivity contribution >= 4 is 10.0 Å². The van der Waals surface area contributed by atoms with Crippen LogP contribution in [-0.2, 0) is 10.0 Å². The van der Waals surface area contributed by atoms with Gasteiger partial charge >= 0.3 is 0 Å². The van der Waals surface area contributed by atoms with Gasteiger partial charge in [-0.3, -0.25) is 0 Å². The Balaban J connectivity index is 2.06. The summed E-state index contributed by atoms with van der Waals surface area (Å²) in [6, 6.07) is 6.50. The molecule has 0 radical (unpaired) electrons. The first kappa shape index (κ1) is 16.3. The Hall–Kier alpha value is -1.11. The molecule has 1 aromatic rings. The third kappa shape index (κ3) is 4.18. The number of β-amino-alcohol motifs (C(OH)–C–C–N with tert-alkyl or cyclic N) is 1. The number of unbranched alkanes of at least 4 members (excludes halogenated alkanes) is 1. The number of sulfonamides is 1. The molecule has 21 heavy (non-hydrogen) atoms. The minimum atomic E-state index is -3.52. The van der Waals surface area contributed by atoms with E-state index in [0.717, 1.165) is 12.8 Å². The molecule has 1 atom stereocenters. The lowest BCUT2D eigenvalue weighted by molar-refractivity contribution is 0.108. The fourth-order valence-electron chi connectivity index (χ4n) is 2.33. The summed E-state index contributed by atoms with van der Waals surface area (Å²) < 4.78 is 31.8. The van der Waals surface area contributed by atoms with Crippen LogP contribution in [0.15, 0.2) is 29.2 Å². The number of rotatable bonds is 6. The highest BCUT2D eigenvalue weighted by molar-refractivity contribution is 7.89. The molecule has 0 aromatic heterocycles. The minimum absolute atomic E-state index is 0.178. The highest BCUT2D eigenvalue weighted by atomic mass is 32.2. The maximum atomic E-state index is 12.5. The molecular weight excluding hydrogens is 290 g/mol. The van der Waals surface area contributed by atoms with E-state index in [0.29, 0.717) is 31.7 Å². The highest BCUT2D eigenvalue weighted by Crippen LogP contribution is 2.23. The van der Waals surface area contributed by atoms with Crippen LogP contribution in [0, 0.1) is 0 Å². The fourth-order valence-corrected chi connectivity index (χ4v) is 3.85. The normalized spacial score (nSPS) is 20.4. The summed E-state index contributed by atoms with van der Waals surface area (Å²) >= 11 is 0. The van der Waals surface area contributed by atoms with Gasteiger partial charge in [-0.1, -0.05) is 13.3 Å². The summed E-state index contributed by atoms with van der Waals surface area (Å²) in [5.74, 6) is 0.682. The molecule has 0 spiro atoms. The standard InChI is InChI=1S/C15H23NO4S/c1-2-3-11-20-14-6-8-15(9-7-14)21(18,19)16-10-4-5-13(17)12-16/h6-9,13,17H,2-5,10-12H2,1H3. The molecule has 0 saturated carbocycles. The molecule has 1 saturated heterocycles. The van der Waals surface area contributed by atoms with Crippen molar-refractivity contribution < 1.29 is 18.3 Å². The van der Waals surface area contributed by atoms with Crippen molar-refractivity contribution in [1.82, 2.24) is 4.31 Å². The van der Waals surface area contributed by atoms with Gasteiger partial charge in [-0.05, 0) is 43.5 Å². The van der Waals surface area contributed by atoms with Crippen LogP contribution in [0.3, 0.4) is 0 Å². The maximum Gasteiger partial charge on any atom is 0.243 e. The van der Waals surface area contributed by atoms with Crippen molar-refractivity contribution in [2.24, 2.45) is 0 Å². The van der Waals surface area contributed by atoms with Crippen LogP contribution < -0.4 is 4.74 Å². The van der Waals surface area contributed by atoms with E-state index < -0.39 is 16.1 Å². The first-order chi connectivity index (χ1) is 10.0. The van der Waals surface area contributed by atoms with E-state index in [9.17, 15) is 13.5 Å². The predicted octanol–water partition coefficient (Wildman–Crippen LogP) is 2.01. The molecule has 1 aromatic carbocycles. The number of hydrogen-bond acceptors (Lipinski definition) is 4. The molecule has 0 amide bonds. The number of benzene rings is 1. The molecule has 1 aliphatic heterocycles. The summed E-state index contributed by atoms with van der Waals surface area (Å²) in [7, 11) is -3.52. The average Bonchev–Trinajstić information content (AvgIpc) is 2.48. The smallest absolute Gasteiger partial charge is 0.243 e. The van der Waals surface area contributed by atoms with E-state index in [1.807, 2.05) is 0 Å². The van der Waals surface area contributed by atoms with Gasteiger partial charge in [0, 0.05) is 13.1 Å². The van der Waals surface area contributed by atoms with Gasteiger partial charge in [-0.2, -0.15) is 4.31 Å². The predicted molar refractivity (Wildman–Crippen MR) is 80.8 cm³/mol. The lowest BCUT2D eigenvalue weighted by Gasteiger charge is -2.29. The first-order valence-corrected chi connectivity index (χ1v) is 8.89. The number of hydrogen-bond donors (Lipinski definition) is 1. The van der Waals surface area contributed by atoms with E-state index in [1.165, 1.54) is 4.31 Å². The Morgan fingerprint density at radius 2 is 2.05 bits per heavy atom. The van der Waals surface area contributed by atoms with Gasteiger partial charge < -0.3 is 9.84 Å². The quantitative estimate of drug-likeness (QED) is 0.816. The van der Waals surface area contributed by atoms with Crippen molar-refractivity contribution in [3.63, 3.8) is 0 Å². The van der Waals surface area contributed by atoms with Crippen LogP contribution in [0.2, 0.25) is 0 Å². The van der Waals surface area contributed by atoms with E-state index in [4.69, 9.17) is 4.74 Å². The Bertz CT molecular complexity index is 541. The fraction of sp³-hybridized carbons (Fsp3) is 0.600.